The number of aromatic nitrogens is 1. The summed E-state index contributed by atoms with van der Waals surface area (Å²) >= 11 is 4.49. The summed E-state index contributed by atoms with van der Waals surface area (Å²) in [7, 11) is 0. The number of carbonyl (C=O) groups excluding carboxylic acids is 1. The molecule has 1 amide bonds. The fourth-order valence-corrected chi connectivity index (χ4v) is 3.28. The number of nitriles is 1. The van der Waals surface area contributed by atoms with Crippen LogP contribution in [-0.2, 0) is 4.79 Å². The Morgan fingerprint density at radius 3 is 2.73 bits per heavy atom. The van der Waals surface area contributed by atoms with E-state index in [9.17, 15) is 15.2 Å². The lowest BCUT2D eigenvalue weighted by molar-refractivity contribution is -0.112. The quantitative estimate of drug-likeness (QED) is 0.463. The molecule has 0 saturated heterocycles. The van der Waals surface area contributed by atoms with Crippen molar-refractivity contribution >= 4 is 44.4 Å². The van der Waals surface area contributed by atoms with Crippen molar-refractivity contribution in [2.75, 3.05) is 5.32 Å². The predicted octanol–water partition coefficient (Wildman–Crippen LogP) is 4.82. The number of nitrogens with zero attached hydrogens (tertiary/aromatic N) is 2. The summed E-state index contributed by atoms with van der Waals surface area (Å²) in [5, 5.41) is 23.7. The first-order valence-electron chi connectivity index (χ1n) is 7.49. The van der Waals surface area contributed by atoms with Crippen LogP contribution in [0.3, 0.4) is 0 Å². The number of hydrogen-bond acceptors (Lipinski definition) is 5. The number of phenolic OH excluding ortho intramolecular Hbond substituents is 1. The number of amides is 1. The molecule has 0 aliphatic carbocycles. The number of halogens is 1. The van der Waals surface area contributed by atoms with Crippen LogP contribution in [-0.4, -0.2) is 16.0 Å². The average molecular weight is 426 g/mol. The molecular weight excluding hydrogens is 414 g/mol. The second-order valence-electron chi connectivity index (χ2n) is 5.24. The van der Waals surface area contributed by atoms with Crippen molar-refractivity contribution < 1.29 is 9.90 Å². The van der Waals surface area contributed by atoms with Crippen LogP contribution in [0.4, 0.5) is 5.13 Å². The topological polar surface area (TPSA) is 86.0 Å². The van der Waals surface area contributed by atoms with Crippen molar-refractivity contribution in [1.29, 1.82) is 5.26 Å². The Bertz CT molecular complexity index is 1020. The van der Waals surface area contributed by atoms with Gasteiger partial charge in [0.1, 0.15) is 17.4 Å². The molecule has 7 heteroatoms. The van der Waals surface area contributed by atoms with Crippen molar-refractivity contribution in [3.8, 4) is 23.1 Å². The summed E-state index contributed by atoms with van der Waals surface area (Å²) in [5.74, 6) is -0.452. The summed E-state index contributed by atoms with van der Waals surface area (Å²) < 4.78 is 0.483. The Labute approximate surface area is 162 Å². The van der Waals surface area contributed by atoms with Crippen molar-refractivity contribution in [2.24, 2.45) is 0 Å². The van der Waals surface area contributed by atoms with E-state index in [0.29, 0.717) is 15.2 Å². The number of nitrogens with one attached hydrogen (secondary N) is 1. The zero-order chi connectivity index (χ0) is 18.5. The first-order chi connectivity index (χ1) is 12.6. The van der Waals surface area contributed by atoms with E-state index in [0.717, 1.165) is 11.3 Å². The highest BCUT2D eigenvalue weighted by Crippen LogP contribution is 2.26. The fraction of sp³-hybridized carbons (Fsp3) is 0. The first kappa shape index (κ1) is 17.9. The standard InChI is InChI=1S/C19H12BrN3O2S/c20-15-9-12(6-7-17(15)24)8-14(10-21)18(25)23-19-22-16(11-26-19)13-4-2-1-3-5-13/h1-9,11,24H,(H,22,23,25)/b14-8-. The predicted molar refractivity (Wildman–Crippen MR) is 106 cm³/mol. The second-order valence-corrected chi connectivity index (χ2v) is 6.95. The van der Waals surface area contributed by atoms with Crippen molar-refractivity contribution in [3.63, 3.8) is 0 Å². The van der Waals surface area contributed by atoms with Gasteiger partial charge in [-0.3, -0.25) is 10.1 Å². The number of anilines is 1. The van der Waals surface area contributed by atoms with Gasteiger partial charge in [0.15, 0.2) is 5.13 Å². The number of rotatable bonds is 4. The van der Waals surface area contributed by atoms with E-state index in [1.807, 2.05) is 41.8 Å². The van der Waals surface area contributed by atoms with Crippen LogP contribution in [0.2, 0.25) is 0 Å². The van der Waals surface area contributed by atoms with Gasteiger partial charge >= 0.3 is 0 Å². The van der Waals surface area contributed by atoms with Gasteiger partial charge in [0.2, 0.25) is 0 Å². The molecule has 0 radical (unpaired) electrons. The highest BCUT2D eigenvalue weighted by atomic mass is 79.9. The highest BCUT2D eigenvalue weighted by Gasteiger charge is 2.13. The maximum absolute atomic E-state index is 12.3. The van der Waals surface area contributed by atoms with Gasteiger partial charge in [0, 0.05) is 10.9 Å². The summed E-state index contributed by atoms with van der Waals surface area (Å²) in [6.07, 6.45) is 1.45. The molecule has 0 saturated carbocycles. The van der Waals surface area contributed by atoms with Gasteiger partial charge in [0.05, 0.1) is 10.2 Å². The zero-order valence-corrected chi connectivity index (χ0v) is 15.7. The maximum atomic E-state index is 12.3. The van der Waals surface area contributed by atoms with Crippen molar-refractivity contribution in [2.45, 2.75) is 0 Å². The molecule has 3 aromatic rings. The zero-order valence-electron chi connectivity index (χ0n) is 13.3. The Morgan fingerprint density at radius 2 is 2.04 bits per heavy atom. The van der Waals surface area contributed by atoms with Crippen molar-refractivity contribution in [1.82, 2.24) is 4.98 Å². The molecule has 0 spiro atoms. The molecule has 5 nitrogen and oxygen atoms in total. The number of carbonyl (C=O) groups is 1. The van der Waals surface area contributed by atoms with Gasteiger partial charge in [-0.05, 0) is 39.7 Å². The van der Waals surface area contributed by atoms with Gasteiger partial charge in [-0.25, -0.2) is 4.98 Å². The minimum atomic E-state index is -0.536. The van der Waals surface area contributed by atoms with E-state index in [1.165, 1.54) is 23.5 Å². The Hall–Kier alpha value is -2.95. The lowest BCUT2D eigenvalue weighted by Crippen LogP contribution is -2.13. The van der Waals surface area contributed by atoms with Gasteiger partial charge in [-0.15, -0.1) is 11.3 Å². The van der Waals surface area contributed by atoms with E-state index >= 15 is 0 Å². The van der Waals surface area contributed by atoms with Crippen LogP contribution in [0.5, 0.6) is 5.75 Å². The molecule has 0 aliphatic heterocycles. The van der Waals surface area contributed by atoms with Crippen LogP contribution < -0.4 is 5.32 Å². The number of phenols is 1. The van der Waals surface area contributed by atoms with E-state index in [-0.39, 0.29) is 11.3 Å². The molecular formula is C19H12BrN3O2S. The minimum absolute atomic E-state index is 0.0564. The van der Waals surface area contributed by atoms with Gasteiger partial charge in [-0.1, -0.05) is 36.4 Å². The third-order valence-electron chi connectivity index (χ3n) is 3.44. The van der Waals surface area contributed by atoms with E-state index in [1.54, 1.807) is 12.1 Å². The summed E-state index contributed by atoms with van der Waals surface area (Å²) in [5.41, 5.74) is 2.27. The van der Waals surface area contributed by atoms with Crippen LogP contribution in [0.15, 0.2) is 64.0 Å². The smallest absolute Gasteiger partial charge is 0.268 e. The Morgan fingerprint density at radius 1 is 1.27 bits per heavy atom. The normalized spacial score (nSPS) is 11.0. The molecule has 128 valence electrons. The molecule has 0 fully saturated rings. The molecule has 1 aromatic heterocycles. The SMILES string of the molecule is N#C/C(=C/c1ccc(O)c(Br)c1)C(=O)Nc1nc(-c2ccccc2)cs1. The van der Waals surface area contributed by atoms with E-state index in [2.05, 4.69) is 26.2 Å². The summed E-state index contributed by atoms with van der Waals surface area (Å²) in [6.45, 7) is 0. The molecule has 26 heavy (non-hydrogen) atoms. The second kappa shape index (κ2) is 7.95. The molecule has 3 rings (SSSR count). The largest absolute Gasteiger partial charge is 0.507 e. The van der Waals surface area contributed by atoms with Crippen LogP contribution >= 0.6 is 27.3 Å². The van der Waals surface area contributed by atoms with Crippen LogP contribution in [0, 0.1) is 11.3 Å². The van der Waals surface area contributed by atoms with Crippen LogP contribution in [0.1, 0.15) is 5.56 Å². The van der Waals surface area contributed by atoms with Crippen molar-refractivity contribution in [3.05, 3.63) is 69.5 Å². The number of thiazole rings is 1. The van der Waals surface area contributed by atoms with Gasteiger partial charge in [0.25, 0.3) is 5.91 Å². The highest BCUT2D eigenvalue weighted by molar-refractivity contribution is 9.10. The maximum Gasteiger partial charge on any atom is 0.268 e. The molecule has 0 atom stereocenters. The molecule has 0 unspecified atom stereocenters. The van der Waals surface area contributed by atoms with Crippen LogP contribution in [0.25, 0.3) is 17.3 Å². The lowest BCUT2D eigenvalue weighted by atomic mass is 10.1. The number of aromatic hydroxyl groups is 1. The minimum Gasteiger partial charge on any atom is -0.507 e. The fourth-order valence-electron chi connectivity index (χ4n) is 2.17. The van der Waals surface area contributed by atoms with E-state index < -0.39 is 5.91 Å². The summed E-state index contributed by atoms with van der Waals surface area (Å²) in [6, 6.07) is 16.2. The third kappa shape index (κ3) is 4.17. The first-order valence-corrected chi connectivity index (χ1v) is 9.16. The molecule has 2 aromatic carbocycles. The van der Waals surface area contributed by atoms with E-state index in [4.69, 9.17) is 0 Å². The third-order valence-corrected chi connectivity index (χ3v) is 4.83. The van der Waals surface area contributed by atoms with Gasteiger partial charge < -0.3 is 5.11 Å². The average Bonchev–Trinajstić information content (AvgIpc) is 3.11. The lowest BCUT2D eigenvalue weighted by Gasteiger charge is -2.02. The summed E-state index contributed by atoms with van der Waals surface area (Å²) in [4.78, 5) is 16.7. The molecule has 0 aliphatic rings. The molecule has 0 bridgehead atoms. The monoisotopic (exact) mass is 425 g/mol. The number of benzene rings is 2. The molecule has 1 heterocycles. The number of hydrogen-bond donors (Lipinski definition) is 2. The van der Waals surface area contributed by atoms with Gasteiger partial charge in [-0.2, -0.15) is 5.26 Å². The Balaban J connectivity index is 1.78. The Kier molecular flexibility index (Phi) is 5.46. The molecule has 2 N–H and O–H groups in total.